The van der Waals surface area contributed by atoms with Gasteiger partial charge in [0, 0.05) is 0 Å². The van der Waals surface area contributed by atoms with Crippen LogP contribution in [0.1, 0.15) is 39.0 Å². The van der Waals surface area contributed by atoms with E-state index >= 15 is 0 Å². The molecule has 0 saturated heterocycles. The normalized spacial score (nSPS) is 23.6. The molecule has 1 rings (SSSR count). The van der Waals surface area contributed by atoms with Crippen LogP contribution in [-0.4, -0.2) is 19.3 Å². The van der Waals surface area contributed by atoms with Crippen molar-refractivity contribution in [3.63, 3.8) is 0 Å². The van der Waals surface area contributed by atoms with Gasteiger partial charge in [-0.2, -0.15) is 0 Å². The Bertz CT molecular complexity index is 223. The minimum Gasteiger partial charge on any atom is -0.393 e. The molecule has 0 heterocycles. The van der Waals surface area contributed by atoms with Crippen LogP contribution in [0.5, 0.6) is 0 Å². The summed E-state index contributed by atoms with van der Waals surface area (Å²) in [6.45, 7) is 9.16. The highest BCUT2D eigenvalue weighted by molar-refractivity contribution is 6.78. The number of allylic oxidation sites excluding steroid dienone is 1. The monoisotopic (exact) mass is 240 g/mol. The van der Waals surface area contributed by atoms with Crippen LogP contribution in [-0.2, 0) is 0 Å². The smallest absolute Gasteiger partial charge is 0.0606 e. The zero-order chi connectivity index (χ0) is 12.2. The molecule has 0 aromatic carbocycles. The third-order valence-electron chi connectivity index (χ3n) is 3.90. The van der Waals surface area contributed by atoms with Crippen molar-refractivity contribution in [2.45, 2.75) is 70.3 Å². The lowest BCUT2D eigenvalue weighted by molar-refractivity contribution is 0.0857. The van der Waals surface area contributed by atoms with Gasteiger partial charge in [0.2, 0.25) is 0 Å². The molecule has 16 heavy (non-hydrogen) atoms. The topological polar surface area (TPSA) is 20.2 Å². The Morgan fingerprint density at radius 2 is 1.69 bits per heavy atom. The molecule has 0 unspecified atom stereocenters. The quantitative estimate of drug-likeness (QED) is 0.576. The molecule has 0 aromatic heterocycles. The van der Waals surface area contributed by atoms with Gasteiger partial charge < -0.3 is 5.11 Å². The van der Waals surface area contributed by atoms with Crippen LogP contribution < -0.4 is 0 Å². The zero-order valence-corrected chi connectivity index (χ0v) is 12.4. The van der Waals surface area contributed by atoms with Gasteiger partial charge in [-0.15, -0.1) is 0 Å². The molecule has 1 aliphatic carbocycles. The molecule has 0 aromatic rings. The van der Waals surface area contributed by atoms with Crippen LogP contribution in [0, 0.1) is 5.92 Å². The standard InChI is InChI=1S/C14H28OSi/c1-5-9-13(16(2,3)4)14(15)12-10-7-6-8-11-12/h5,9,12-15H,6-8,10-11H2,1-4H3/b9-5-/t13-,14+/m0/s1. The van der Waals surface area contributed by atoms with E-state index in [1.165, 1.54) is 32.1 Å². The summed E-state index contributed by atoms with van der Waals surface area (Å²) in [7, 11) is -1.29. The van der Waals surface area contributed by atoms with E-state index in [9.17, 15) is 5.11 Å². The van der Waals surface area contributed by atoms with E-state index in [0.717, 1.165) is 0 Å². The minimum atomic E-state index is -1.29. The first-order valence-electron chi connectivity index (χ1n) is 6.77. The van der Waals surface area contributed by atoms with Gasteiger partial charge in [-0.1, -0.05) is 51.1 Å². The van der Waals surface area contributed by atoms with E-state index in [2.05, 4.69) is 38.7 Å². The van der Waals surface area contributed by atoms with Crippen molar-refractivity contribution in [3.05, 3.63) is 12.2 Å². The Kier molecular flexibility index (Phi) is 5.26. The van der Waals surface area contributed by atoms with E-state index in [-0.39, 0.29) is 6.10 Å². The molecule has 0 spiro atoms. The van der Waals surface area contributed by atoms with Crippen molar-refractivity contribution in [1.29, 1.82) is 0 Å². The second kappa shape index (κ2) is 6.01. The number of hydrogen-bond acceptors (Lipinski definition) is 1. The minimum absolute atomic E-state index is 0.0943. The maximum absolute atomic E-state index is 10.6. The van der Waals surface area contributed by atoms with Crippen molar-refractivity contribution in [3.8, 4) is 0 Å². The molecule has 1 fully saturated rings. The summed E-state index contributed by atoms with van der Waals surface area (Å²) in [5.41, 5.74) is 0.431. The maximum Gasteiger partial charge on any atom is 0.0606 e. The molecule has 94 valence electrons. The second-order valence-corrected chi connectivity index (χ2v) is 11.7. The van der Waals surface area contributed by atoms with E-state index in [0.29, 0.717) is 11.5 Å². The highest BCUT2D eigenvalue weighted by Gasteiger charge is 2.35. The molecule has 2 atom stereocenters. The average Bonchev–Trinajstić information content (AvgIpc) is 2.25. The van der Waals surface area contributed by atoms with Crippen molar-refractivity contribution >= 4 is 8.07 Å². The van der Waals surface area contributed by atoms with Gasteiger partial charge in [-0.05, 0) is 31.2 Å². The Morgan fingerprint density at radius 3 is 2.12 bits per heavy atom. The summed E-state index contributed by atoms with van der Waals surface area (Å²) < 4.78 is 0. The molecule has 0 radical (unpaired) electrons. The summed E-state index contributed by atoms with van der Waals surface area (Å²) in [4.78, 5) is 0. The van der Waals surface area contributed by atoms with Crippen LogP contribution in [0.25, 0.3) is 0 Å². The molecular formula is C14H28OSi. The lowest BCUT2D eigenvalue weighted by Gasteiger charge is -2.37. The Labute approximate surface area is 102 Å². The molecule has 1 saturated carbocycles. The number of aliphatic hydroxyl groups is 1. The van der Waals surface area contributed by atoms with Gasteiger partial charge in [-0.3, -0.25) is 0 Å². The van der Waals surface area contributed by atoms with E-state index in [4.69, 9.17) is 0 Å². The Balaban J connectivity index is 2.69. The highest BCUT2D eigenvalue weighted by atomic mass is 28.3. The van der Waals surface area contributed by atoms with E-state index in [1.807, 2.05) is 0 Å². The van der Waals surface area contributed by atoms with Gasteiger partial charge in [-0.25, -0.2) is 0 Å². The predicted octanol–water partition coefficient (Wildman–Crippen LogP) is 4.21. The summed E-state index contributed by atoms with van der Waals surface area (Å²) in [6.07, 6.45) is 10.7. The fraction of sp³-hybridized carbons (Fsp3) is 0.857. The van der Waals surface area contributed by atoms with Crippen LogP contribution >= 0.6 is 0 Å². The first-order chi connectivity index (χ1) is 7.46. The number of aliphatic hydroxyl groups excluding tert-OH is 1. The molecule has 0 bridgehead atoms. The summed E-state index contributed by atoms with van der Waals surface area (Å²) in [5.74, 6) is 0.557. The first-order valence-corrected chi connectivity index (χ1v) is 10.4. The van der Waals surface area contributed by atoms with Gasteiger partial charge in [0.05, 0.1) is 14.2 Å². The van der Waals surface area contributed by atoms with E-state index in [1.54, 1.807) is 0 Å². The molecule has 0 aliphatic heterocycles. The van der Waals surface area contributed by atoms with Crippen LogP contribution in [0.4, 0.5) is 0 Å². The third kappa shape index (κ3) is 3.74. The van der Waals surface area contributed by atoms with Crippen molar-refractivity contribution in [1.82, 2.24) is 0 Å². The largest absolute Gasteiger partial charge is 0.393 e. The molecule has 1 nitrogen and oxygen atoms in total. The molecule has 1 N–H and O–H groups in total. The molecule has 0 amide bonds. The van der Waals surface area contributed by atoms with Gasteiger partial charge in [0.25, 0.3) is 0 Å². The molecule has 1 aliphatic rings. The summed E-state index contributed by atoms with van der Waals surface area (Å²) >= 11 is 0. The van der Waals surface area contributed by atoms with Gasteiger partial charge >= 0.3 is 0 Å². The average molecular weight is 240 g/mol. The number of hydrogen-bond donors (Lipinski definition) is 1. The maximum atomic E-state index is 10.6. The fourth-order valence-electron chi connectivity index (χ4n) is 2.89. The Morgan fingerprint density at radius 1 is 1.12 bits per heavy atom. The van der Waals surface area contributed by atoms with Crippen LogP contribution in [0.3, 0.4) is 0 Å². The van der Waals surface area contributed by atoms with Crippen LogP contribution in [0.15, 0.2) is 12.2 Å². The molecule has 2 heteroatoms. The van der Waals surface area contributed by atoms with Crippen molar-refractivity contribution in [2.75, 3.05) is 0 Å². The van der Waals surface area contributed by atoms with Gasteiger partial charge in [0.15, 0.2) is 0 Å². The van der Waals surface area contributed by atoms with Crippen LogP contribution in [0.2, 0.25) is 25.2 Å². The van der Waals surface area contributed by atoms with Crippen molar-refractivity contribution < 1.29 is 5.11 Å². The number of rotatable bonds is 4. The fourth-order valence-corrected chi connectivity index (χ4v) is 4.96. The first kappa shape index (κ1) is 14.0. The Hall–Kier alpha value is -0.0831. The van der Waals surface area contributed by atoms with E-state index < -0.39 is 8.07 Å². The highest BCUT2D eigenvalue weighted by Crippen LogP contribution is 2.36. The van der Waals surface area contributed by atoms with Gasteiger partial charge in [0.1, 0.15) is 0 Å². The zero-order valence-electron chi connectivity index (χ0n) is 11.4. The molecular weight excluding hydrogens is 212 g/mol. The summed E-state index contributed by atoms with van der Waals surface area (Å²) in [5, 5.41) is 10.6. The lowest BCUT2D eigenvalue weighted by atomic mass is 9.84. The van der Waals surface area contributed by atoms with Crippen molar-refractivity contribution in [2.24, 2.45) is 5.92 Å². The SMILES string of the molecule is C/C=C\[C@@H]([C@H](O)C1CCCCC1)[Si](C)(C)C. The second-order valence-electron chi connectivity index (χ2n) is 6.31. The third-order valence-corrected chi connectivity index (χ3v) is 6.43. The summed E-state index contributed by atoms with van der Waals surface area (Å²) in [6, 6.07) is 0. The predicted molar refractivity (Wildman–Crippen MR) is 74.5 cm³/mol. The lowest BCUT2D eigenvalue weighted by Crippen LogP contribution is -2.39.